The number of amides is 3. The Hall–Kier alpha value is -2.61. The van der Waals surface area contributed by atoms with Gasteiger partial charge < -0.3 is 20.1 Å². The van der Waals surface area contributed by atoms with Crippen LogP contribution in [0.25, 0.3) is 0 Å². The molecule has 8 nitrogen and oxygen atoms in total. The van der Waals surface area contributed by atoms with Crippen LogP contribution in [0.3, 0.4) is 0 Å². The molecule has 0 aromatic heterocycles. The minimum absolute atomic E-state index is 0.0231. The summed E-state index contributed by atoms with van der Waals surface area (Å²) in [7, 11) is 0. The average molecular weight is 460 g/mol. The molecule has 1 fully saturated rings. The average Bonchev–Trinajstić information content (AvgIpc) is 3.27. The van der Waals surface area contributed by atoms with Crippen molar-refractivity contribution in [2.24, 2.45) is 5.92 Å². The monoisotopic (exact) mass is 459 g/mol. The van der Waals surface area contributed by atoms with Crippen molar-refractivity contribution in [3.8, 4) is 0 Å². The number of rotatable bonds is 6. The normalized spacial score (nSPS) is 21.3. The maximum Gasteiger partial charge on any atom is 0.411 e. The lowest BCUT2D eigenvalue weighted by Crippen LogP contribution is -2.58. The Labute approximate surface area is 196 Å². The first-order chi connectivity index (χ1) is 15.5. The quantitative estimate of drug-likeness (QED) is 0.682. The number of nitrogens with one attached hydrogen (secondary N) is 2. The van der Waals surface area contributed by atoms with E-state index in [1.54, 1.807) is 20.8 Å². The summed E-state index contributed by atoms with van der Waals surface area (Å²) in [5, 5.41) is 5.81. The number of nitrogens with zero attached hydrogens (tertiary/aromatic N) is 1. The molecule has 1 saturated heterocycles. The van der Waals surface area contributed by atoms with Gasteiger partial charge in [-0.1, -0.05) is 38.1 Å². The van der Waals surface area contributed by atoms with E-state index >= 15 is 0 Å². The Morgan fingerprint density at radius 1 is 1.18 bits per heavy atom. The summed E-state index contributed by atoms with van der Waals surface area (Å²) in [6.07, 6.45) is 1.76. The lowest BCUT2D eigenvalue weighted by molar-refractivity contribution is -0.133. The maximum absolute atomic E-state index is 13.4. The van der Waals surface area contributed by atoms with Crippen LogP contribution in [0.4, 0.5) is 4.79 Å². The van der Waals surface area contributed by atoms with E-state index in [0.717, 1.165) is 24.0 Å². The third-order valence-corrected chi connectivity index (χ3v) is 5.95. The predicted molar refractivity (Wildman–Crippen MR) is 124 cm³/mol. The summed E-state index contributed by atoms with van der Waals surface area (Å²) >= 11 is 0. The van der Waals surface area contributed by atoms with Gasteiger partial charge in [-0.2, -0.15) is 0 Å². The molecular formula is C25H37N3O5. The molecule has 0 bridgehead atoms. The molecule has 2 aliphatic heterocycles. The number of benzene rings is 1. The highest BCUT2D eigenvalue weighted by Crippen LogP contribution is 2.26. The number of carbonyl (C=O) groups is 3. The molecule has 182 valence electrons. The summed E-state index contributed by atoms with van der Waals surface area (Å²) in [5.41, 5.74) is 1.32. The van der Waals surface area contributed by atoms with E-state index in [1.807, 2.05) is 38.1 Å². The molecule has 8 heteroatoms. The Kier molecular flexibility index (Phi) is 8.00. The SMILES string of the molecule is CC(C)[C@H](NC(=O)[C@@H]1Cc2ccccc2CN1C(=O)OC(C)(C)C)C(=O)NC[C@@H]1CCCO1. The van der Waals surface area contributed by atoms with Gasteiger partial charge in [-0.15, -0.1) is 0 Å². The van der Waals surface area contributed by atoms with Crippen molar-refractivity contribution in [1.29, 1.82) is 0 Å². The molecule has 3 rings (SSSR count). The highest BCUT2D eigenvalue weighted by atomic mass is 16.6. The van der Waals surface area contributed by atoms with Crippen molar-refractivity contribution in [2.45, 2.75) is 84.2 Å². The maximum atomic E-state index is 13.4. The summed E-state index contributed by atoms with van der Waals surface area (Å²) in [5.74, 6) is -0.723. The molecule has 0 aliphatic carbocycles. The second-order valence-corrected chi connectivity index (χ2v) is 10.2. The summed E-state index contributed by atoms with van der Waals surface area (Å²) in [6.45, 7) is 10.6. The number of hydrogen-bond acceptors (Lipinski definition) is 5. The van der Waals surface area contributed by atoms with Crippen LogP contribution in [0, 0.1) is 5.92 Å². The van der Waals surface area contributed by atoms with Crippen molar-refractivity contribution in [2.75, 3.05) is 13.2 Å². The smallest absolute Gasteiger partial charge is 0.411 e. The van der Waals surface area contributed by atoms with E-state index in [2.05, 4.69) is 10.6 Å². The number of carbonyl (C=O) groups excluding carboxylic acids is 3. The van der Waals surface area contributed by atoms with E-state index in [4.69, 9.17) is 9.47 Å². The standard InChI is InChI=1S/C25H37N3O5/c1-16(2)21(23(30)26-14-19-11-8-12-32-19)27-22(29)20-13-17-9-6-7-10-18(17)15-28(20)24(31)33-25(3,4)5/h6-7,9-10,16,19-21H,8,11-15H2,1-5H3,(H,26,30)(H,27,29)/t19-,20-,21-/m0/s1. The van der Waals surface area contributed by atoms with Crippen molar-refractivity contribution in [3.63, 3.8) is 0 Å². The van der Waals surface area contributed by atoms with Gasteiger partial charge in [-0.3, -0.25) is 14.5 Å². The van der Waals surface area contributed by atoms with Gasteiger partial charge in [0, 0.05) is 19.6 Å². The zero-order valence-electron chi connectivity index (χ0n) is 20.3. The summed E-state index contributed by atoms with van der Waals surface area (Å²) < 4.78 is 11.2. The fourth-order valence-electron chi connectivity index (χ4n) is 4.18. The lowest BCUT2D eigenvalue weighted by atomic mass is 9.93. The minimum atomic E-state index is -0.762. The lowest BCUT2D eigenvalue weighted by Gasteiger charge is -2.37. The van der Waals surface area contributed by atoms with Crippen molar-refractivity contribution >= 4 is 17.9 Å². The van der Waals surface area contributed by atoms with Gasteiger partial charge in [0.05, 0.1) is 12.6 Å². The first-order valence-electron chi connectivity index (χ1n) is 11.8. The van der Waals surface area contributed by atoms with Crippen molar-refractivity contribution in [1.82, 2.24) is 15.5 Å². The van der Waals surface area contributed by atoms with E-state index in [1.165, 1.54) is 4.90 Å². The molecule has 0 radical (unpaired) electrons. The van der Waals surface area contributed by atoms with Crippen LogP contribution < -0.4 is 10.6 Å². The molecule has 3 amide bonds. The van der Waals surface area contributed by atoms with E-state index in [-0.39, 0.29) is 30.4 Å². The third kappa shape index (κ3) is 6.69. The molecule has 0 saturated carbocycles. The van der Waals surface area contributed by atoms with Gasteiger partial charge in [0.15, 0.2) is 0 Å². The largest absolute Gasteiger partial charge is 0.444 e. The van der Waals surface area contributed by atoms with E-state index in [0.29, 0.717) is 19.6 Å². The van der Waals surface area contributed by atoms with Gasteiger partial charge >= 0.3 is 6.09 Å². The fraction of sp³-hybridized carbons (Fsp3) is 0.640. The van der Waals surface area contributed by atoms with Gasteiger partial charge in [0.25, 0.3) is 0 Å². The van der Waals surface area contributed by atoms with Crippen molar-refractivity contribution < 1.29 is 23.9 Å². The predicted octanol–water partition coefficient (Wildman–Crippen LogP) is 2.78. The van der Waals surface area contributed by atoms with Gasteiger partial charge in [-0.05, 0) is 50.7 Å². The highest BCUT2D eigenvalue weighted by Gasteiger charge is 2.38. The van der Waals surface area contributed by atoms with Gasteiger partial charge in [0.1, 0.15) is 17.7 Å². The van der Waals surface area contributed by atoms with Crippen LogP contribution in [-0.2, 0) is 32.0 Å². The molecule has 0 spiro atoms. The van der Waals surface area contributed by atoms with Crippen LogP contribution in [0.5, 0.6) is 0 Å². The molecule has 0 unspecified atom stereocenters. The fourth-order valence-corrected chi connectivity index (χ4v) is 4.18. The van der Waals surface area contributed by atoms with Crippen LogP contribution in [0.2, 0.25) is 0 Å². The van der Waals surface area contributed by atoms with Crippen LogP contribution >= 0.6 is 0 Å². The number of hydrogen-bond donors (Lipinski definition) is 2. The molecule has 3 atom stereocenters. The Balaban J connectivity index is 1.74. The first kappa shape index (κ1) is 25.0. The van der Waals surface area contributed by atoms with Crippen LogP contribution in [0.15, 0.2) is 24.3 Å². The van der Waals surface area contributed by atoms with E-state index in [9.17, 15) is 14.4 Å². The minimum Gasteiger partial charge on any atom is -0.444 e. The molecule has 1 aromatic rings. The first-order valence-corrected chi connectivity index (χ1v) is 11.8. The Morgan fingerprint density at radius 3 is 2.48 bits per heavy atom. The third-order valence-electron chi connectivity index (χ3n) is 5.95. The number of ether oxygens (including phenoxy) is 2. The second kappa shape index (κ2) is 10.5. The van der Waals surface area contributed by atoms with Gasteiger partial charge in [-0.25, -0.2) is 4.79 Å². The highest BCUT2D eigenvalue weighted by molar-refractivity contribution is 5.92. The molecule has 33 heavy (non-hydrogen) atoms. The molecule has 2 aliphatic rings. The summed E-state index contributed by atoms with van der Waals surface area (Å²) in [6, 6.07) is 6.29. The molecule has 2 heterocycles. The zero-order chi connectivity index (χ0) is 24.2. The Morgan fingerprint density at radius 2 is 1.88 bits per heavy atom. The molecule has 1 aromatic carbocycles. The zero-order valence-corrected chi connectivity index (χ0v) is 20.3. The van der Waals surface area contributed by atoms with Crippen LogP contribution in [0.1, 0.15) is 58.6 Å². The summed E-state index contributed by atoms with van der Waals surface area (Å²) in [4.78, 5) is 40.7. The van der Waals surface area contributed by atoms with Crippen molar-refractivity contribution in [3.05, 3.63) is 35.4 Å². The molecular weight excluding hydrogens is 422 g/mol. The van der Waals surface area contributed by atoms with Gasteiger partial charge in [0.2, 0.25) is 11.8 Å². The second-order valence-electron chi connectivity index (χ2n) is 10.2. The molecule has 2 N–H and O–H groups in total. The van der Waals surface area contributed by atoms with Crippen LogP contribution in [-0.4, -0.2) is 59.7 Å². The topological polar surface area (TPSA) is 97.0 Å². The number of fused-ring (bicyclic) bond motifs is 1. The Bertz CT molecular complexity index is 858. The van der Waals surface area contributed by atoms with E-state index < -0.39 is 23.8 Å².